The Morgan fingerprint density at radius 1 is 0.339 bits per heavy atom. The van der Waals surface area contributed by atoms with E-state index < -0.39 is 0 Å². The van der Waals surface area contributed by atoms with Gasteiger partial charge in [-0.25, -0.2) is 0 Å². The molecule has 5 aliphatic carbocycles. The molecule has 4 aliphatic heterocycles. The number of morpholine rings is 2. The minimum atomic E-state index is -0.0977. The van der Waals surface area contributed by atoms with E-state index in [1.807, 2.05) is 0 Å². The largest absolute Gasteiger partial charge is 0.370 e. The second-order valence-corrected chi connectivity index (χ2v) is 21.1. The van der Waals surface area contributed by atoms with Crippen molar-refractivity contribution in [2.45, 2.75) is 161 Å². The summed E-state index contributed by atoms with van der Waals surface area (Å²) in [5.41, 5.74) is 5.49. The van der Waals surface area contributed by atoms with Crippen LogP contribution in [0.2, 0.25) is 0 Å². The molecule has 6 nitrogen and oxygen atoms in total. The maximum Gasteiger partial charge on any atom is 0.142 e. The summed E-state index contributed by atoms with van der Waals surface area (Å²) >= 11 is 0. The van der Waals surface area contributed by atoms with Crippen LogP contribution in [0.15, 0.2) is 121 Å². The molecule has 18 atom stereocenters. The molecule has 18 unspecified atom stereocenters. The number of ether oxygens (including phenoxy) is 2. The standard InChI is InChI=1S/C56H62N2O4/c59-51-41-29-27-39(35-19-9-3-10-20-35)55-49(41)57(45-25-13-23-37(53(45)61-55)33-15-5-1-6-16-33)47-32-48-44(31-43(47)51)52(60)42-30-28-40(36-21-11-4-12-22-36)56-50(42)58(48)46-26-14-24-38(54(46)62-56)34-17-7-2-8-18-34/h1-12,15-22,37-50,53-56H,13-14,23-32H2. The van der Waals surface area contributed by atoms with Gasteiger partial charge in [-0.1, -0.05) is 134 Å². The van der Waals surface area contributed by atoms with Gasteiger partial charge in [0.05, 0.1) is 24.4 Å². The van der Waals surface area contributed by atoms with Crippen molar-refractivity contribution >= 4 is 11.6 Å². The van der Waals surface area contributed by atoms with Crippen LogP contribution in [0, 0.1) is 23.7 Å². The van der Waals surface area contributed by atoms with Crippen LogP contribution in [-0.2, 0) is 19.1 Å². The number of ketones is 2. The Bertz CT molecular complexity index is 2110. The van der Waals surface area contributed by atoms with Crippen LogP contribution in [0.1, 0.15) is 123 Å². The van der Waals surface area contributed by atoms with Crippen LogP contribution in [0.25, 0.3) is 0 Å². The number of nitrogens with zero attached hydrogens (tertiary/aromatic N) is 2. The van der Waals surface area contributed by atoms with Crippen LogP contribution >= 0.6 is 0 Å². The van der Waals surface area contributed by atoms with E-state index >= 15 is 9.59 Å². The Morgan fingerprint density at radius 2 is 0.677 bits per heavy atom. The second kappa shape index (κ2) is 15.4. The number of fused-ring (bicyclic) bond motifs is 8. The number of piperidine rings is 2. The van der Waals surface area contributed by atoms with Gasteiger partial charge in [0.2, 0.25) is 0 Å². The summed E-state index contributed by atoms with van der Waals surface area (Å²) in [6.45, 7) is 0. The SMILES string of the molecule is O=C1C2CC3C(=O)C4CCC(c5ccccc5)C5OC6C(c7ccccc7)CCCC6N(C3CC2N2C3CCCC(c6ccccc6)C3OC3C(c6ccccc6)CCC1C32)C45. The maximum absolute atomic E-state index is 15.4. The van der Waals surface area contributed by atoms with E-state index in [2.05, 4.69) is 131 Å². The van der Waals surface area contributed by atoms with Crippen molar-refractivity contribution in [1.29, 1.82) is 0 Å². The number of rotatable bonds is 4. The lowest BCUT2D eigenvalue weighted by Crippen LogP contribution is -2.79. The highest BCUT2D eigenvalue weighted by molar-refractivity contribution is 5.90. The van der Waals surface area contributed by atoms with Crippen molar-refractivity contribution in [3.63, 3.8) is 0 Å². The Kier molecular flexibility index (Phi) is 9.54. The molecule has 0 spiro atoms. The van der Waals surface area contributed by atoms with Gasteiger partial charge in [-0.05, 0) is 86.5 Å². The topological polar surface area (TPSA) is 59.1 Å². The summed E-state index contributed by atoms with van der Waals surface area (Å²) in [5.74, 6) is 1.80. The van der Waals surface area contributed by atoms with Crippen LogP contribution in [0.4, 0.5) is 0 Å². The normalized spacial score (nSPS) is 43.5. The lowest BCUT2D eigenvalue weighted by atomic mass is 9.55. The molecule has 9 aliphatic rings. The first-order chi connectivity index (χ1) is 30.6. The predicted octanol–water partition coefficient (Wildman–Crippen LogP) is 9.85. The van der Waals surface area contributed by atoms with Crippen molar-refractivity contribution in [3.8, 4) is 0 Å². The fourth-order valence-electron chi connectivity index (χ4n) is 16.3. The molecule has 5 saturated carbocycles. The molecule has 4 aromatic carbocycles. The molecule has 4 aromatic rings. The van der Waals surface area contributed by atoms with Crippen molar-refractivity contribution in [2.24, 2.45) is 23.7 Å². The van der Waals surface area contributed by atoms with Crippen molar-refractivity contribution < 1.29 is 19.1 Å². The highest BCUT2D eigenvalue weighted by Crippen LogP contribution is 2.60. The number of benzene rings is 4. The van der Waals surface area contributed by atoms with Crippen molar-refractivity contribution in [3.05, 3.63) is 144 Å². The minimum Gasteiger partial charge on any atom is -0.370 e. The number of hydrogen-bond acceptors (Lipinski definition) is 6. The highest BCUT2D eigenvalue weighted by Gasteiger charge is 2.67. The monoisotopic (exact) mass is 826 g/mol. The summed E-state index contributed by atoms with van der Waals surface area (Å²) in [6.07, 6.45) is 12.3. The van der Waals surface area contributed by atoms with Gasteiger partial charge in [0.1, 0.15) is 11.6 Å². The Hall–Kier alpha value is -3.94. The number of Topliss-reactive ketones (excluding diaryl/α,β-unsaturated/α-hetero) is 2. The van der Waals surface area contributed by atoms with Crippen molar-refractivity contribution in [1.82, 2.24) is 9.80 Å². The van der Waals surface area contributed by atoms with E-state index in [0.29, 0.717) is 29.8 Å². The van der Waals surface area contributed by atoms with Gasteiger partial charge in [-0.15, -0.1) is 0 Å². The lowest BCUT2D eigenvalue weighted by molar-refractivity contribution is -0.251. The molecule has 13 rings (SSSR count). The van der Waals surface area contributed by atoms with Gasteiger partial charge >= 0.3 is 0 Å². The second-order valence-electron chi connectivity index (χ2n) is 21.1. The summed E-state index contributed by atoms with van der Waals surface area (Å²) in [7, 11) is 0. The molecular formula is C56H62N2O4. The fraction of sp³-hybridized carbons (Fsp3) is 0.536. The first kappa shape index (κ1) is 38.5. The third-order valence-electron chi connectivity index (χ3n) is 18.6. The first-order valence-corrected chi connectivity index (χ1v) is 24.8. The van der Waals surface area contributed by atoms with Gasteiger partial charge in [0.25, 0.3) is 0 Å². The van der Waals surface area contributed by atoms with Crippen LogP contribution in [0.5, 0.6) is 0 Å². The van der Waals surface area contributed by atoms with Crippen LogP contribution in [-0.4, -0.2) is 82.0 Å². The van der Waals surface area contributed by atoms with Crippen molar-refractivity contribution in [2.75, 3.05) is 0 Å². The number of carbonyl (C=O) groups excluding carboxylic acids is 2. The lowest BCUT2D eigenvalue weighted by Gasteiger charge is -2.68. The van der Waals surface area contributed by atoms with Gasteiger partial charge in [-0.3, -0.25) is 19.4 Å². The zero-order chi connectivity index (χ0) is 41.1. The fourth-order valence-corrected chi connectivity index (χ4v) is 16.3. The molecule has 0 amide bonds. The van der Waals surface area contributed by atoms with Gasteiger partial charge in [0, 0.05) is 83.6 Å². The maximum atomic E-state index is 15.4. The van der Waals surface area contributed by atoms with E-state index in [1.54, 1.807) is 0 Å². The molecule has 0 bridgehead atoms. The number of hydrogen-bond donors (Lipinski definition) is 0. The van der Waals surface area contributed by atoms with Crippen LogP contribution < -0.4 is 0 Å². The molecular weight excluding hydrogens is 765 g/mol. The van der Waals surface area contributed by atoms with E-state index in [9.17, 15) is 0 Å². The summed E-state index contributed by atoms with van der Waals surface area (Å²) in [6, 6.07) is 45.4. The quantitative estimate of drug-likeness (QED) is 0.204. The first-order valence-electron chi connectivity index (χ1n) is 24.8. The third-order valence-corrected chi connectivity index (χ3v) is 18.6. The van der Waals surface area contributed by atoms with Gasteiger partial charge < -0.3 is 9.47 Å². The predicted molar refractivity (Wildman–Crippen MR) is 240 cm³/mol. The average Bonchev–Trinajstić information content (AvgIpc) is 3.34. The minimum absolute atomic E-state index is 0.0335. The molecule has 62 heavy (non-hydrogen) atoms. The van der Waals surface area contributed by atoms with Crippen LogP contribution in [0.3, 0.4) is 0 Å². The summed E-state index contributed by atoms with van der Waals surface area (Å²) < 4.78 is 15.3. The van der Waals surface area contributed by atoms with E-state index in [0.717, 1.165) is 57.8 Å². The Morgan fingerprint density at radius 3 is 1.05 bits per heavy atom. The van der Waals surface area contributed by atoms with E-state index in [1.165, 1.54) is 35.1 Å². The third kappa shape index (κ3) is 5.88. The zero-order valence-corrected chi connectivity index (χ0v) is 36.0. The molecule has 0 aromatic heterocycles. The average molecular weight is 827 g/mol. The zero-order valence-electron chi connectivity index (χ0n) is 36.0. The van der Waals surface area contributed by atoms with E-state index in [4.69, 9.17) is 9.47 Å². The molecule has 9 fully saturated rings. The Labute approximate surface area is 367 Å². The smallest absolute Gasteiger partial charge is 0.142 e. The molecule has 320 valence electrons. The Balaban J connectivity index is 0.926. The number of carbonyl (C=O) groups is 2. The molecule has 4 heterocycles. The molecule has 4 saturated heterocycles. The highest BCUT2D eigenvalue weighted by atomic mass is 16.5. The molecule has 0 radical (unpaired) electrons. The van der Waals surface area contributed by atoms with Gasteiger partial charge in [-0.2, -0.15) is 0 Å². The molecule has 0 N–H and O–H groups in total. The molecule has 6 heteroatoms. The van der Waals surface area contributed by atoms with E-state index in [-0.39, 0.29) is 96.2 Å². The summed E-state index contributed by atoms with van der Waals surface area (Å²) in [5, 5.41) is 0. The van der Waals surface area contributed by atoms with Gasteiger partial charge in [0.15, 0.2) is 0 Å². The summed E-state index contributed by atoms with van der Waals surface area (Å²) in [4.78, 5) is 36.7.